The standard InChI is InChI=1S/C25H34N4O2/c1-20-8-7-11-22(21(20)2)27-16-14-26(15-17-27)12-5-6-13-28-23-9-3-4-10-24(23)29(18-19-30)25(28)31/h3-4,7-11,30H,5-6,12-19H2,1-2H3. The minimum absolute atomic E-state index is 0.0163. The highest BCUT2D eigenvalue weighted by molar-refractivity contribution is 5.76. The average molecular weight is 423 g/mol. The lowest BCUT2D eigenvalue weighted by Crippen LogP contribution is -2.46. The predicted octanol–water partition coefficient (Wildman–Crippen LogP) is 3.01. The van der Waals surface area contributed by atoms with Crippen molar-refractivity contribution in [3.8, 4) is 0 Å². The number of rotatable bonds is 8. The van der Waals surface area contributed by atoms with Gasteiger partial charge >= 0.3 is 5.69 Å². The van der Waals surface area contributed by atoms with E-state index < -0.39 is 0 Å². The second-order valence-corrected chi connectivity index (χ2v) is 8.55. The number of para-hydroxylation sites is 2. The summed E-state index contributed by atoms with van der Waals surface area (Å²) in [6.45, 7) is 10.8. The smallest absolute Gasteiger partial charge is 0.329 e. The van der Waals surface area contributed by atoms with Gasteiger partial charge in [-0.05, 0) is 62.6 Å². The van der Waals surface area contributed by atoms with Gasteiger partial charge in [0.15, 0.2) is 0 Å². The van der Waals surface area contributed by atoms with E-state index in [9.17, 15) is 9.90 Å². The molecule has 0 unspecified atom stereocenters. The van der Waals surface area contributed by atoms with Crippen molar-refractivity contribution in [1.82, 2.24) is 14.0 Å². The summed E-state index contributed by atoms with van der Waals surface area (Å²) in [6.07, 6.45) is 2.06. The van der Waals surface area contributed by atoms with Gasteiger partial charge in [0.1, 0.15) is 0 Å². The first-order valence-electron chi connectivity index (χ1n) is 11.4. The van der Waals surface area contributed by atoms with Crippen LogP contribution in [0.15, 0.2) is 47.3 Å². The molecule has 1 aromatic heterocycles. The highest BCUT2D eigenvalue weighted by Crippen LogP contribution is 2.24. The van der Waals surface area contributed by atoms with Crippen molar-refractivity contribution >= 4 is 16.7 Å². The van der Waals surface area contributed by atoms with Gasteiger partial charge in [0.25, 0.3) is 0 Å². The van der Waals surface area contributed by atoms with Gasteiger partial charge in [-0.3, -0.25) is 14.0 Å². The summed E-state index contributed by atoms with van der Waals surface area (Å²) in [7, 11) is 0. The van der Waals surface area contributed by atoms with E-state index in [2.05, 4.69) is 41.8 Å². The molecule has 6 nitrogen and oxygen atoms in total. The van der Waals surface area contributed by atoms with Gasteiger partial charge in [-0.2, -0.15) is 0 Å². The Kier molecular flexibility index (Phi) is 6.78. The maximum atomic E-state index is 12.8. The molecule has 0 aliphatic carbocycles. The monoisotopic (exact) mass is 422 g/mol. The van der Waals surface area contributed by atoms with E-state index in [0.29, 0.717) is 6.54 Å². The molecule has 2 aromatic carbocycles. The van der Waals surface area contributed by atoms with Crippen LogP contribution < -0.4 is 10.6 Å². The fraction of sp³-hybridized carbons (Fsp3) is 0.480. The van der Waals surface area contributed by atoms with Crippen molar-refractivity contribution in [3.63, 3.8) is 0 Å². The van der Waals surface area contributed by atoms with Crippen molar-refractivity contribution in [1.29, 1.82) is 0 Å². The molecule has 6 heteroatoms. The van der Waals surface area contributed by atoms with Gasteiger partial charge in [0, 0.05) is 38.4 Å². The van der Waals surface area contributed by atoms with E-state index in [1.54, 1.807) is 4.57 Å². The minimum atomic E-state index is -0.0258. The Balaban J connectivity index is 1.29. The third kappa shape index (κ3) is 4.55. The van der Waals surface area contributed by atoms with Crippen LogP contribution in [0.5, 0.6) is 0 Å². The Hall–Kier alpha value is -2.57. The summed E-state index contributed by atoms with van der Waals surface area (Å²) < 4.78 is 3.55. The van der Waals surface area contributed by atoms with E-state index in [1.807, 2.05) is 28.8 Å². The molecule has 1 saturated heterocycles. The molecule has 0 radical (unpaired) electrons. The number of nitrogens with zero attached hydrogens (tertiary/aromatic N) is 4. The van der Waals surface area contributed by atoms with Gasteiger partial charge in [0.05, 0.1) is 24.2 Å². The SMILES string of the molecule is Cc1cccc(N2CCN(CCCCn3c(=O)n(CCO)c4ccccc43)CC2)c1C. The molecule has 1 aliphatic heterocycles. The normalized spacial score (nSPS) is 15.1. The molecule has 0 atom stereocenters. The van der Waals surface area contributed by atoms with Crippen molar-refractivity contribution in [2.45, 2.75) is 39.8 Å². The van der Waals surface area contributed by atoms with E-state index in [-0.39, 0.29) is 12.3 Å². The molecule has 0 saturated carbocycles. The lowest BCUT2D eigenvalue weighted by molar-refractivity contribution is 0.251. The molecule has 0 amide bonds. The quantitative estimate of drug-likeness (QED) is 0.567. The van der Waals surface area contributed by atoms with E-state index >= 15 is 0 Å². The Morgan fingerprint density at radius 3 is 2.13 bits per heavy atom. The number of hydrogen-bond acceptors (Lipinski definition) is 4. The highest BCUT2D eigenvalue weighted by Gasteiger charge is 2.18. The number of anilines is 1. The summed E-state index contributed by atoms with van der Waals surface area (Å²) in [6, 6.07) is 14.4. The molecule has 2 heterocycles. The summed E-state index contributed by atoms with van der Waals surface area (Å²) in [5.74, 6) is 0. The number of fused-ring (bicyclic) bond motifs is 1. The first kappa shape index (κ1) is 21.7. The number of aliphatic hydroxyl groups is 1. The summed E-state index contributed by atoms with van der Waals surface area (Å²) >= 11 is 0. The third-order valence-electron chi connectivity index (χ3n) is 6.64. The zero-order valence-electron chi connectivity index (χ0n) is 18.8. The van der Waals surface area contributed by atoms with Gasteiger partial charge in [-0.25, -0.2) is 4.79 Å². The van der Waals surface area contributed by atoms with E-state index in [4.69, 9.17) is 0 Å². The molecule has 3 aromatic rings. The number of imidazole rings is 1. The van der Waals surface area contributed by atoms with Crippen LogP contribution in [0, 0.1) is 13.8 Å². The van der Waals surface area contributed by atoms with E-state index in [0.717, 1.165) is 63.1 Å². The highest BCUT2D eigenvalue weighted by atomic mass is 16.3. The maximum Gasteiger partial charge on any atom is 0.329 e. The molecule has 0 bridgehead atoms. The van der Waals surface area contributed by atoms with Gasteiger partial charge in [-0.1, -0.05) is 24.3 Å². The Bertz CT molecular complexity index is 1080. The molecule has 166 valence electrons. The van der Waals surface area contributed by atoms with Crippen LogP contribution in [0.1, 0.15) is 24.0 Å². The van der Waals surface area contributed by atoms with Gasteiger partial charge in [0.2, 0.25) is 0 Å². The number of unbranched alkanes of at least 4 members (excludes halogenated alkanes) is 1. The predicted molar refractivity (Wildman–Crippen MR) is 127 cm³/mol. The zero-order chi connectivity index (χ0) is 21.8. The van der Waals surface area contributed by atoms with Crippen LogP contribution in [-0.4, -0.2) is 58.5 Å². The number of aromatic nitrogens is 2. The topological polar surface area (TPSA) is 53.6 Å². The lowest BCUT2D eigenvalue weighted by atomic mass is 10.1. The first-order valence-corrected chi connectivity index (χ1v) is 11.4. The van der Waals surface area contributed by atoms with Crippen LogP contribution in [0.2, 0.25) is 0 Å². The van der Waals surface area contributed by atoms with Crippen LogP contribution in [0.4, 0.5) is 5.69 Å². The van der Waals surface area contributed by atoms with Gasteiger partial charge < -0.3 is 10.0 Å². The Morgan fingerprint density at radius 1 is 0.806 bits per heavy atom. The molecular weight excluding hydrogens is 388 g/mol. The Morgan fingerprint density at radius 2 is 1.45 bits per heavy atom. The zero-order valence-corrected chi connectivity index (χ0v) is 18.8. The molecular formula is C25H34N4O2. The first-order chi connectivity index (χ1) is 15.1. The number of benzene rings is 2. The van der Waals surface area contributed by atoms with Crippen molar-refractivity contribution < 1.29 is 5.11 Å². The van der Waals surface area contributed by atoms with Crippen molar-refractivity contribution in [2.75, 3.05) is 44.2 Å². The number of hydrogen-bond donors (Lipinski definition) is 1. The second kappa shape index (κ2) is 9.71. The molecule has 1 aliphatic rings. The molecule has 0 spiro atoms. The largest absolute Gasteiger partial charge is 0.395 e. The van der Waals surface area contributed by atoms with Gasteiger partial charge in [-0.15, -0.1) is 0 Å². The van der Waals surface area contributed by atoms with Crippen molar-refractivity contribution in [3.05, 3.63) is 64.1 Å². The third-order valence-corrected chi connectivity index (χ3v) is 6.64. The van der Waals surface area contributed by atoms with Crippen LogP contribution in [0.3, 0.4) is 0 Å². The summed E-state index contributed by atoms with van der Waals surface area (Å²) in [5.41, 5.74) is 5.97. The van der Waals surface area contributed by atoms with Crippen LogP contribution >= 0.6 is 0 Å². The average Bonchev–Trinajstić information content (AvgIpc) is 3.05. The van der Waals surface area contributed by atoms with Crippen LogP contribution in [0.25, 0.3) is 11.0 Å². The minimum Gasteiger partial charge on any atom is -0.395 e. The lowest BCUT2D eigenvalue weighted by Gasteiger charge is -2.37. The second-order valence-electron chi connectivity index (χ2n) is 8.55. The summed E-state index contributed by atoms with van der Waals surface area (Å²) in [5, 5.41) is 9.31. The number of piperazine rings is 1. The van der Waals surface area contributed by atoms with E-state index in [1.165, 1.54) is 16.8 Å². The van der Waals surface area contributed by atoms with Crippen LogP contribution in [-0.2, 0) is 13.1 Å². The number of aryl methyl sites for hydroxylation is 2. The fourth-order valence-electron chi connectivity index (χ4n) is 4.70. The maximum absolute atomic E-state index is 12.8. The molecule has 31 heavy (non-hydrogen) atoms. The van der Waals surface area contributed by atoms with Crippen molar-refractivity contribution in [2.24, 2.45) is 0 Å². The molecule has 1 N–H and O–H groups in total. The molecule has 1 fully saturated rings. The summed E-state index contributed by atoms with van der Waals surface area (Å²) in [4.78, 5) is 17.8. The Labute approximate surface area is 184 Å². The molecule has 4 rings (SSSR count). The fourth-order valence-corrected chi connectivity index (χ4v) is 4.70. The number of aliphatic hydroxyl groups excluding tert-OH is 1.